The van der Waals surface area contributed by atoms with E-state index in [9.17, 15) is 0 Å². The van der Waals surface area contributed by atoms with E-state index in [0.29, 0.717) is 0 Å². The minimum Gasteiger partial charge on any atom is -0.361 e. The predicted octanol–water partition coefficient (Wildman–Crippen LogP) is 4.14. The molecule has 0 aliphatic heterocycles. The molecule has 0 radical (unpaired) electrons. The molecule has 0 bridgehead atoms. The molecule has 1 aromatic heterocycles. The van der Waals surface area contributed by atoms with Crippen molar-refractivity contribution in [2.45, 2.75) is 6.92 Å². The molecular formula is C15H13N. The fraction of sp³-hybridized carbons (Fsp3) is 0.0667. The summed E-state index contributed by atoms with van der Waals surface area (Å²) in [6.45, 7) is 2.12. The smallest absolute Gasteiger partial charge is 0.0460 e. The van der Waals surface area contributed by atoms with Crippen LogP contribution >= 0.6 is 0 Å². The van der Waals surface area contributed by atoms with Crippen molar-refractivity contribution in [3.63, 3.8) is 0 Å². The van der Waals surface area contributed by atoms with Gasteiger partial charge < -0.3 is 4.98 Å². The van der Waals surface area contributed by atoms with Crippen molar-refractivity contribution < 1.29 is 0 Å². The number of hydrogen-bond donors (Lipinski definition) is 1. The van der Waals surface area contributed by atoms with Crippen LogP contribution in [0.2, 0.25) is 0 Å². The van der Waals surface area contributed by atoms with E-state index in [2.05, 4.69) is 60.4 Å². The maximum Gasteiger partial charge on any atom is 0.0460 e. The van der Waals surface area contributed by atoms with Gasteiger partial charge in [0.05, 0.1) is 0 Å². The molecule has 0 atom stereocenters. The van der Waals surface area contributed by atoms with Crippen LogP contribution in [-0.4, -0.2) is 4.98 Å². The average molecular weight is 207 g/mol. The van der Waals surface area contributed by atoms with Gasteiger partial charge in [0.2, 0.25) is 0 Å². The van der Waals surface area contributed by atoms with Gasteiger partial charge in [0.25, 0.3) is 0 Å². The van der Waals surface area contributed by atoms with E-state index in [1.54, 1.807) is 0 Å². The normalized spacial score (nSPS) is 10.8. The highest BCUT2D eigenvalue weighted by Gasteiger charge is 2.00. The monoisotopic (exact) mass is 207 g/mol. The number of rotatable bonds is 1. The van der Waals surface area contributed by atoms with Gasteiger partial charge in [-0.3, -0.25) is 0 Å². The Hall–Kier alpha value is -2.02. The van der Waals surface area contributed by atoms with E-state index < -0.39 is 0 Å². The van der Waals surface area contributed by atoms with Gasteiger partial charge in [-0.1, -0.05) is 42.0 Å². The second-order valence-corrected chi connectivity index (χ2v) is 4.15. The lowest BCUT2D eigenvalue weighted by atomic mass is 10.0. The zero-order chi connectivity index (χ0) is 11.0. The lowest BCUT2D eigenvalue weighted by Crippen LogP contribution is -1.79. The fourth-order valence-corrected chi connectivity index (χ4v) is 2.05. The third kappa shape index (κ3) is 1.50. The van der Waals surface area contributed by atoms with Crippen LogP contribution in [0.25, 0.3) is 22.0 Å². The Labute approximate surface area is 94.7 Å². The van der Waals surface area contributed by atoms with E-state index in [0.717, 1.165) is 0 Å². The minimum atomic E-state index is 1.19. The van der Waals surface area contributed by atoms with Crippen LogP contribution in [0.3, 0.4) is 0 Å². The minimum absolute atomic E-state index is 1.19. The first-order chi connectivity index (χ1) is 7.83. The summed E-state index contributed by atoms with van der Waals surface area (Å²) in [5.41, 5.74) is 5.03. The lowest BCUT2D eigenvalue weighted by molar-refractivity contribution is 1.46. The number of aromatic amines is 1. The Balaban J connectivity index is 2.18. The number of benzene rings is 2. The van der Waals surface area contributed by atoms with E-state index in [4.69, 9.17) is 0 Å². The SMILES string of the molecule is Cc1cccc(-c2ccc3cc[nH]c3c2)c1. The van der Waals surface area contributed by atoms with Crippen LogP contribution in [-0.2, 0) is 0 Å². The molecular weight excluding hydrogens is 194 g/mol. The molecule has 16 heavy (non-hydrogen) atoms. The summed E-state index contributed by atoms with van der Waals surface area (Å²) in [5, 5.41) is 1.26. The first-order valence-corrected chi connectivity index (χ1v) is 5.47. The van der Waals surface area contributed by atoms with Gasteiger partial charge in [-0.25, -0.2) is 0 Å². The molecule has 1 heterocycles. The Morgan fingerprint density at radius 3 is 2.62 bits per heavy atom. The maximum atomic E-state index is 3.24. The Kier molecular flexibility index (Phi) is 2.03. The molecule has 0 amide bonds. The summed E-state index contributed by atoms with van der Waals surface area (Å²) in [7, 11) is 0. The lowest BCUT2D eigenvalue weighted by Gasteiger charge is -2.03. The third-order valence-electron chi connectivity index (χ3n) is 2.91. The zero-order valence-corrected chi connectivity index (χ0v) is 9.20. The van der Waals surface area contributed by atoms with Crippen molar-refractivity contribution in [3.8, 4) is 11.1 Å². The highest BCUT2D eigenvalue weighted by atomic mass is 14.7. The molecule has 0 aliphatic carbocycles. The maximum absolute atomic E-state index is 3.24. The Morgan fingerprint density at radius 2 is 1.75 bits per heavy atom. The first kappa shape index (κ1) is 9.22. The van der Waals surface area contributed by atoms with Gasteiger partial charge in [-0.15, -0.1) is 0 Å². The highest BCUT2D eigenvalue weighted by Crippen LogP contribution is 2.24. The van der Waals surface area contributed by atoms with Crippen molar-refractivity contribution in [2.24, 2.45) is 0 Å². The Morgan fingerprint density at radius 1 is 0.875 bits per heavy atom. The van der Waals surface area contributed by atoms with E-state index in [1.165, 1.54) is 27.6 Å². The van der Waals surface area contributed by atoms with E-state index in [1.807, 2.05) is 6.20 Å². The number of nitrogens with one attached hydrogen (secondary N) is 1. The molecule has 3 rings (SSSR count). The van der Waals surface area contributed by atoms with Crippen molar-refractivity contribution in [2.75, 3.05) is 0 Å². The third-order valence-corrected chi connectivity index (χ3v) is 2.91. The van der Waals surface area contributed by atoms with Gasteiger partial charge in [0.15, 0.2) is 0 Å². The van der Waals surface area contributed by atoms with Gasteiger partial charge in [0, 0.05) is 11.7 Å². The molecule has 1 nitrogen and oxygen atoms in total. The topological polar surface area (TPSA) is 15.8 Å². The molecule has 0 saturated carbocycles. The van der Waals surface area contributed by atoms with Crippen molar-refractivity contribution in [1.29, 1.82) is 0 Å². The standard InChI is InChI=1S/C15H13N/c1-11-3-2-4-13(9-11)14-6-5-12-7-8-16-15(12)10-14/h2-10,16H,1H3. The molecule has 0 aliphatic rings. The van der Waals surface area contributed by atoms with Crippen LogP contribution in [0.15, 0.2) is 54.7 Å². The van der Waals surface area contributed by atoms with Crippen LogP contribution < -0.4 is 0 Å². The molecule has 0 saturated heterocycles. The molecule has 0 spiro atoms. The van der Waals surface area contributed by atoms with Gasteiger partial charge >= 0.3 is 0 Å². The van der Waals surface area contributed by atoms with E-state index >= 15 is 0 Å². The molecule has 3 aromatic rings. The summed E-state index contributed by atoms with van der Waals surface area (Å²) in [5.74, 6) is 0. The number of fused-ring (bicyclic) bond motifs is 1. The quantitative estimate of drug-likeness (QED) is 0.617. The second kappa shape index (κ2) is 3.53. The molecule has 2 aromatic carbocycles. The summed E-state index contributed by atoms with van der Waals surface area (Å²) >= 11 is 0. The fourth-order valence-electron chi connectivity index (χ4n) is 2.05. The summed E-state index contributed by atoms with van der Waals surface area (Å²) in [6.07, 6.45) is 1.98. The molecule has 78 valence electrons. The first-order valence-electron chi connectivity index (χ1n) is 5.47. The van der Waals surface area contributed by atoms with Crippen LogP contribution in [0.5, 0.6) is 0 Å². The van der Waals surface area contributed by atoms with Crippen molar-refractivity contribution >= 4 is 10.9 Å². The van der Waals surface area contributed by atoms with Crippen LogP contribution in [0, 0.1) is 6.92 Å². The summed E-state index contributed by atoms with van der Waals surface area (Å²) < 4.78 is 0. The molecule has 0 fully saturated rings. The Bertz CT molecular complexity index is 634. The van der Waals surface area contributed by atoms with Crippen molar-refractivity contribution in [1.82, 2.24) is 4.98 Å². The highest BCUT2D eigenvalue weighted by molar-refractivity contribution is 5.84. The van der Waals surface area contributed by atoms with E-state index in [-0.39, 0.29) is 0 Å². The number of aryl methyl sites for hydroxylation is 1. The summed E-state index contributed by atoms with van der Waals surface area (Å²) in [4.78, 5) is 3.24. The number of H-pyrrole nitrogens is 1. The van der Waals surface area contributed by atoms with Crippen LogP contribution in [0.4, 0.5) is 0 Å². The molecule has 0 unspecified atom stereocenters. The average Bonchev–Trinajstić information content (AvgIpc) is 2.75. The number of hydrogen-bond acceptors (Lipinski definition) is 0. The van der Waals surface area contributed by atoms with Crippen LogP contribution in [0.1, 0.15) is 5.56 Å². The zero-order valence-electron chi connectivity index (χ0n) is 9.20. The predicted molar refractivity (Wildman–Crippen MR) is 68.5 cm³/mol. The molecule has 1 N–H and O–H groups in total. The molecule has 1 heteroatoms. The number of aromatic nitrogens is 1. The second-order valence-electron chi connectivity index (χ2n) is 4.15. The van der Waals surface area contributed by atoms with Gasteiger partial charge in [-0.05, 0) is 35.6 Å². The van der Waals surface area contributed by atoms with Gasteiger partial charge in [-0.2, -0.15) is 0 Å². The summed E-state index contributed by atoms with van der Waals surface area (Å²) in [6, 6.07) is 17.2. The largest absolute Gasteiger partial charge is 0.361 e. The van der Waals surface area contributed by atoms with Crippen molar-refractivity contribution in [3.05, 3.63) is 60.3 Å². The van der Waals surface area contributed by atoms with Gasteiger partial charge in [0.1, 0.15) is 0 Å².